The normalized spacial score (nSPS) is 0. The molecule has 4 heavy (non-hydrogen) atoms. The molecule has 0 fully saturated rings. The maximum atomic E-state index is 0. The molecule has 1 nitrogen and oxygen atoms in total. The summed E-state index contributed by atoms with van der Waals surface area (Å²) in [6.07, 6.45) is 0. The van der Waals surface area contributed by atoms with E-state index in [4.69, 9.17) is 0 Å². The Morgan fingerprint density at radius 1 is 1.00 bits per heavy atom. The van der Waals surface area contributed by atoms with Gasteiger partial charge in [-0.25, -0.2) is 0 Å². The summed E-state index contributed by atoms with van der Waals surface area (Å²) >= 11 is 0. The van der Waals surface area contributed by atoms with Gasteiger partial charge in [-0.3, -0.25) is 0 Å². The molecule has 0 spiro atoms. The zero-order valence-corrected chi connectivity index (χ0v) is 7.97. The molecule has 0 aromatic rings. The average molecular weight is 404 g/mol. The van der Waals surface area contributed by atoms with Gasteiger partial charge in [0, 0.05) is 20.1 Å². The summed E-state index contributed by atoms with van der Waals surface area (Å²) < 4.78 is 0. The first-order chi connectivity index (χ1) is 0. The van der Waals surface area contributed by atoms with Crippen LogP contribution in [0, 0.1) is 0 Å². The minimum atomic E-state index is 0. The van der Waals surface area contributed by atoms with Crippen molar-refractivity contribution in [2.24, 2.45) is 0 Å². The first kappa shape index (κ1) is 36.8. The van der Waals surface area contributed by atoms with Gasteiger partial charge in [0.1, 0.15) is 0 Å². The van der Waals surface area contributed by atoms with E-state index in [0.717, 1.165) is 0 Å². The van der Waals surface area contributed by atoms with E-state index in [1.54, 1.807) is 0 Å². The quantitative estimate of drug-likeness (QED) is 0.388. The molecule has 0 aliphatic heterocycles. The van der Waals surface area contributed by atoms with Crippen molar-refractivity contribution in [2.75, 3.05) is 0 Å². The summed E-state index contributed by atoms with van der Waals surface area (Å²) in [4.78, 5) is 0. The van der Waals surface area contributed by atoms with Gasteiger partial charge in [0.15, 0.2) is 0 Å². The summed E-state index contributed by atoms with van der Waals surface area (Å²) in [5.74, 6) is 0. The monoisotopic (exact) mass is 405 g/mol. The molecule has 4 heteroatoms. The molecule has 0 aliphatic rings. The standard InChI is InChI=1S/Ga.Ir.H2O.Sn.5H/h;;1H2;;;;;;. The summed E-state index contributed by atoms with van der Waals surface area (Å²) in [6, 6.07) is 0. The van der Waals surface area contributed by atoms with Crippen LogP contribution in [-0.4, -0.2) is 49.2 Å². The zero-order valence-electron chi connectivity index (χ0n) is 1.54. The van der Waals surface area contributed by atoms with E-state index in [1.807, 2.05) is 0 Å². The van der Waals surface area contributed by atoms with Gasteiger partial charge in [0.25, 0.3) is 0 Å². The first-order valence-corrected chi connectivity index (χ1v) is 0. The van der Waals surface area contributed by atoms with Crippen LogP contribution in [0.15, 0.2) is 0 Å². The molecule has 0 heterocycles. The molecule has 2 N–H and O–H groups in total. The predicted octanol–water partition coefficient (Wildman–Crippen LogP) is -2.93. The van der Waals surface area contributed by atoms with Gasteiger partial charge in [-0.15, -0.1) is 0 Å². The third-order valence-electron chi connectivity index (χ3n) is 0. The SMILES string of the molecule is O.[GaH3].[Ir].[SnH2]. The fourth-order valence-electron chi connectivity index (χ4n) is 0. The molecule has 0 aromatic carbocycles. The molecule has 0 rings (SSSR count). The molecule has 0 amide bonds. The Labute approximate surface area is 68.6 Å². The molecule has 0 aliphatic carbocycles. The van der Waals surface area contributed by atoms with Crippen molar-refractivity contribution in [1.29, 1.82) is 0 Å². The molecular formula is H7GaIrOSn. The van der Waals surface area contributed by atoms with Gasteiger partial charge in [-0.1, -0.05) is 0 Å². The van der Waals surface area contributed by atoms with E-state index >= 15 is 0 Å². The van der Waals surface area contributed by atoms with Gasteiger partial charge < -0.3 is 5.48 Å². The van der Waals surface area contributed by atoms with E-state index in [-0.39, 0.29) is 69.3 Å². The Kier molecular flexibility index (Phi) is 182. The van der Waals surface area contributed by atoms with Crippen molar-refractivity contribution in [3.8, 4) is 0 Å². The van der Waals surface area contributed by atoms with E-state index < -0.39 is 0 Å². The topological polar surface area (TPSA) is 31.5 Å². The van der Waals surface area contributed by atoms with Crippen molar-refractivity contribution in [2.45, 2.75) is 0 Å². The van der Waals surface area contributed by atoms with Crippen LogP contribution in [0.2, 0.25) is 0 Å². The van der Waals surface area contributed by atoms with Crippen LogP contribution in [0.4, 0.5) is 0 Å². The fraction of sp³-hybridized carbons (Fsp3) is 0. The van der Waals surface area contributed by atoms with Crippen molar-refractivity contribution >= 4 is 43.7 Å². The van der Waals surface area contributed by atoms with Crippen molar-refractivity contribution in [3.63, 3.8) is 0 Å². The molecule has 29 valence electrons. The van der Waals surface area contributed by atoms with E-state index in [0.29, 0.717) is 0 Å². The molecular weight excluding hydrogens is 397 g/mol. The maximum absolute atomic E-state index is 0. The first-order valence-electron chi connectivity index (χ1n) is 0. The molecule has 3 radical (unpaired) electrons. The van der Waals surface area contributed by atoms with E-state index in [9.17, 15) is 0 Å². The van der Waals surface area contributed by atoms with E-state index in [1.165, 1.54) is 0 Å². The average Bonchev–Trinajstić information content (AvgIpc) is 0. The minimum absolute atomic E-state index is 0. The van der Waals surface area contributed by atoms with Gasteiger partial charge in [-0.2, -0.15) is 0 Å². The second-order valence-corrected chi connectivity index (χ2v) is 0. The Morgan fingerprint density at radius 3 is 1.00 bits per heavy atom. The van der Waals surface area contributed by atoms with Gasteiger partial charge in [0.2, 0.25) is 0 Å². The molecule has 0 bridgehead atoms. The van der Waals surface area contributed by atoms with Crippen LogP contribution in [0.1, 0.15) is 0 Å². The Morgan fingerprint density at radius 2 is 1.00 bits per heavy atom. The van der Waals surface area contributed by atoms with Crippen molar-refractivity contribution < 1.29 is 25.6 Å². The van der Waals surface area contributed by atoms with Gasteiger partial charge >= 0.3 is 43.7 Å². The summed E-state index contributed by atoms with van der Waals surface area (Å²) in [5.41, 5.74) is 0. The number of rotatable bonds is 0. The third-order valence-corrected chi connectivity index (χ3v) is 0. The second-order valence-electron chi connectivity index (χ2n) is 0. The summed E-state index contributed by atoms with van der Waals surface area (Å²) in [6.45, 7) is 0. The molecule has 0 saturated heterocycles. The molecule has 0 aromatic heterocycles. The third kappa shape index (κ3) is 8.97. The van der Waals surface area contributed by atoms with Gasteiger partial charge in [-0.05, 0) is 0 Å². The van der Waals surface area contributed by atoms with Crippen LogP contribution >= 0.6 is 0 Å². The Balaban J connectivity index is 0. The Bertz CT molecular complexity index is 8.00. The fourth-order valence-corrected chi connectivity index (χ4v) is 0. The number of hydrogen-bond acceptors (Lipinski definition) is 0. The van der Waals surface area contributed by atoms with Crippen LogP contribution in [0.5, 0.6) is 0 Å². The molecule has 0 atom stereocenters. The van der Waals surface area contributed by atoms with Crippen molar-refractivity contribution in [3.05, 3.63) is 0 Å². The zero-order chi connectivity index (χ0) is 0. The van der Waals surface area contributed by atoms with Crippen LogP contribution < -0.4 is 0 Å². The summed E-state index contributed by atoms with van der Waals surface area (Å²) in [5, 5.41) is 0. The van der Waals surface area contributed by atoms with Crippen LogP contribution in [-0.2, 0) is 20.1 Å². The molecule has 0 unspecified atom stereocenters. The van der Waals surface area contributed by atoms with Crippen molar-refractivity contribution in [1.82, 2.24) is 0 Å². The van der Waals surface area contributed by atoms with Gasteiger partial charge in [0.05, 0.1) is 0 Å². The van der Waals surface area contributed by atoms with Crippen LogP contribution in [0.25, 0.3) is 0 Å². The Hall–Kier alpha value is 2.04. The predicted molar refractivity (Wildman–Crippen MR) is 22.1 cm³/mol. The molecule has 0 saturated carbocycles. The summed E-state index contributed by atoms with van der Waals surface area (Å²) in [7, 11) is 0. The number of hydrogen-bond donors (Lipinski definition) is 0. The second kappa shape index (κ2) is 19.7. The van der Waals surface area contributed by atoms with E-state index in [2.05, 4.69) is 0 Å². The van der Waals surface area contributed by atoms with Crippen LogP contribution in [0.3, 0.4) is 0 Å².